The van der Waals surface area contributed by atoms with Crippen molar-refractivity contribution in [3.8, 4) is 0 Å². The summed E-state index contributed by atoms with van der Waals surface area (Å²) >= 11 is 0. The van der Waals surface area contributed by atoms with Crippen LogP contribution in [0.4, 0.5) is 0 Å². The maximum absolute atomic E-state index is 10.4. The summed E-state index contributed by atoms with van der Waals surface area (Å²) in [6, 6.07) is 0. The number of rotatable bonds is 14. The third-order valence-electron chi connectivity index (χ3n) is 3.26. The van der Waals surface area contributed by atoms with Crippen LogP contribution in [0.2, 0.25) is 0 Å². The van der Waals surface area contributed by atoms with Crippen LogP contribution in [0, 0.1) is 0 Å². The molecule has 0 amide bonds. The standard InChI is InChI=1S/C14H31O4P.K.H/c1-2-3-4-5-6-7-8-9-10-11-12-13-14-18-19(15,16)17;;/h2-14H2,1H3,(H2,15,16,17);;. The molecule has 20 heavy (non-hydrogen) atoms. The second kappa shape index (κ2) is 17.1. The predicted molar refractivity (Wildman–Crippen MR) is 86.2 cm³/mol. The van der Waals surface area contributed by atoms with Gasteiger partial charge < -0.3 is 9.79 Å². The van der Waals surface area contributed by atoms with Gasteiger partial charge in [-0.15, -0.1) is 0 Å². The zero-order valence-electron chi connectivity index (χ0n) is 12.4. The van der Waals surface area contributed by atoms with Crippen LogP contribution in [-0.2, 0) is 9.09 Å². The number of unbranched alkanes of at least 4 members (excludes halogenated alkanes) is 11. The van der Waals surface area contributed by atoms with Gasteiger partial charge in [-0.1, -0.05) is 77.6 Å². The van der Waals surface area contributed by atoms with E-state index >= 15 is 0 Å². The van der Waals surface area contributed by atoms with Gasteiger partial charge in [0.15, 0.2) is 0 Å². The van der Waals surface area contributed by atoms with Gasteiger partial charge in [0.05, 0.1) is 6.61 Å². The zero-order valence-corrected chi connectivity index (χ0v) is 13.2. The first-order chi connectivity index (χ1) is 9.06. The van der Waals surface area contributed by atoms with Crippen molar-refractivity contribution in [3.63, 3.8) is 0 Å². The molecule has 118 valence electrons. The summed E-state index contributed by atoms with van der Waals surface area (Å²) in [4.78, 5) is 17.0. The molecule has 0 aromatic rings. The predicted octanol–water partition coefficient (Wildman–Crippen LogP) is 4.15. The van der Waals surface area contributed by atoms with Crippen molar-refractivity contribution >= 4 is 59.2 Å². The molecule has 0 aliphatic rings. The molecule has 0 spiro atoms. The average Bonchev–Trinajstić information content (AvgIpc) is 2.34. The Balaban J connectivity index is 0. The molecule has 2 N–H and O–H groups in total. The first kappa shape index (κ1) is 24.0. The van der Waals surface area contributed by atoms with Crippen molar-refractivity contribution in [1.29, 1.82) is 0 Å². The molecule has 0 aliphatic heterocycles. The average molecular weight is 334 g/mol. The number of hydrogen-bond acceptors (Lipinski definition) is 2. The molecule has 4 nitrogen and oxygen atoms in total. The third kappa shape index (κ3) is 22.0. The van der Waals surface area contributed by atoms with Gasteiger partial charge in [0.2, 0.25) is 0 Å². The third-order valence-corrected chi connectivity index (χ3v) is 3.78. The first-order valence-corrected chi connectivity index (χ1v) is 9.29. The molecule has 0 unspecified atom stereocenters. The van der Waals surface area contributed by atoms with E-state index in [9.17, 15) is 4.57 Å². The van der Waals surface area contributed by atoms with Gasteiger partial charge in [-0.05, 0) is 6.42 Å². The quantitative estimate of drug-likeness (QED) is 0.284. The van der Waals surface area contributed by atoms with Gasteiger partial charge in [0.1, 0.15) is 0 Å². The Morgan fingerprint density at radius 2 is 1.10 bits per heavy atom. The Labute approximate surface area is 167 Å². The van der Waals surface area contributed by atoms with Crippen molar-refractivity contribution in [1.82, 2.24) is 0 Å². The van der Waals surface area contributed by atoms with Crippen LogP contribution in [0.15, 0.2) is 0 Å². The van der Waals surface area contributed by atoms with Gasteiger partial charge in [-0.3, -0.25) is 4.52 Å². The summed E-state index contributed by atoms with van der Waals surface area (Å²) in [6.07, 6.45) is 14.9. The molecule has 0 atom stereocenters. The fourth-order valence-electron chi connectivity index (χ4n) is 2.13. The van der Waals surface area contributed by atoms with Crippen molar-refractivity contribution in [2.45, 2.75) is 84.0 Å². The van der Waals surface area contributed by atoms with Crippen LogP contribution >= 0.6 is 7.82 Å². The van der Waals surface area contributed by atoms with E-state index in [1.165, 1.54) is 57.8 Å². The van der Waals surface area contributed by atoms with Crippen molar-refractivity contribution in [2.24, 2.45) is 0 Å². The molecule has 0 aromatic carbocycles. The topological polar surface area (TPSA) is 66.8 Å². The summed E-state index contributed by atoms with van der Waals surface area (Å²) in [5.41, 5.74) is 0. The molecule has 0 rings (SSSR count). The normalized spacial score (nSPS) is 11.3. The Bertz CT molecular complexity index is 233. The molecule has 0 fully saturated rings. The van der Waals surface area contributed by atoms with E-state index in [4.69, 9.17) is 9.79 Å². The second-order valence-electron chi connectivity index (χ2n) is 5.21. The van der Waals surface area contributed by atoms with Gasteiger partial charge in [0, 0.05) is 0 Å². The number of phosphoric ester groups is 1. The van der Waals surface area contributed by atoms with Gasteiger partial charge in [0.25, 0.3) is 0 Å². The summed E-state index contributed by atoms with van der Waals surface area (Å²) in [5.74, 6) is 0. The summed E-state index contributed by atoms with van der Waals surface area (Å²) < 4.78 is 14.8. The Morgan fingerprint density at radius 1 is 0.750 bits per heavy atom. The summed E-state index contributed by atoms with van der Waals surface area (Å²) in [5, 5.41) is 0. The number of hydrogen-bond donors (Lipinski definition) is 2. The minimum absolute atomic E-state index is 0. The Kier molecular flexibility index (Phi) is 20.5. The van der Waals surface area contributed by atoms with E-state index in [0.717, 1.165) is 19.3 Å². The molecule has 0 radical (unpaired) electrons. The van der Waals surface area contributed by atoms with Crippen LogP contribution in [0.3, 0.4) is 0 Å². The van der Waals surface area contributed by atoms with Crippen molar-refractivity contribution in [3.05, 3.63) is 0 Å². The molecular formula is C14H32KO4P. The van der Waals surface area contributed by atoms with Gasteiger partial charge in [-0.25, -0.2) is 4.57 Å². The molecule has 0 saturated heterocycles. The van der Waals surface area contributed by atoms with Gasteiger partial charge in [-0.2, -0.15) is 0 Å². The fraction of sp³-hybridized carbons (Fsp3) is 1.00. The van der Waals surface area contributed by atoms with E-state index in [2.05, 4.69) is 11.4 Å². The maximum atomic E-state index is 10.4. The Morgan fingerprint density at radius 3 is 1.45 bits per heavy atom. The van der Waals surface area contributed by atoms with Crippen LogP contribution in [-0.4, -0.2) is 67.8 Å². The van der Waals surface area contributed by atoms with Crippen LogP contribution in [0.25, 0.3) is 0 Å². The number of phosphoric acid groups is 1. The SMILES string of the molecule is CCCCCCCCCCCCCCOP(=O)(O)O.[KH]. The molecule has 0 heterocycles. The molecule has 0 saturated carbocycles. The van der Waals surface area contributed by atoms with Crippen molar-refractivity contribution < 1.29 is 18.9 Å². The Hall–Kier alpha value is 1.75. The molecule has 0 aromatic heterocycles. The van der Waals surface area contributed by atoms with E-state index in [1.54, 1.807) is 0 Å². The molecule has 0 bridgehead atoms. The molecular weight excluding hydrogens is 302 g/mol. The monoisotopic (exact) mass is 334 g/mol. The summed E-state index contributed by atoms with van der Waals surface area (Å²) in [7, 11) is -4.25. The van der Waals surface area contributed by atoms with E-state index in [-0.39, 0.29) is 58.0 Å². The summed E-state index contributed by atoms with van der Waals surface area (Å²) in [6.45, 7) is 2.41. The van der Waals surface area contributed by atoms with Crippen LogP contribution < -0.4 is 0 Å². The van der Waals surface area contributed by atoms with Crippen LogP contribution in [0.1, 0.15) is 84.0 Å². The van der Waals surface area contributed by atoms with E-state index in [0.29, 0.717) is 0 Å². The first-order valence-electron chi connectivity index (χ1n) is 7.76. The van der Waals surface area contributed by atoms with E-state index in [1.807, 2.05) is 0 Å². The molecule has 6 heteroatoms. The van der Waals surface area contributed by atoms with E-state index < -0.39 is 7.82 Å². The second-order valence-corrected chi connectivity index (χ2v) is 6.45. The zero-order chi connectivity index (χ0) is 14.4. The van der Waals surface area contributed by atoms with Crippen molar-refractivity contribution in [2.75, 3.05) is 6.61 Å². The molecule has 0 aliphatic carbocycles. The fourth-order valence-corrected chi connectivity index (χ4v) is 2.49. The van der Waals surface area contributed by atoms with Gasteiger partial charge >= 0.3 is 59.2 Å². The minimum atomic E-state index is -4.25. The van der Waals surface area contributed by atoms with Crippen LogP contribution in [0.5, 0.6) is 0 Å².